The average molecular weight is 343 g/mol. The number of amides is 2. The Balaban J connectivity index is 1.87. The van der Waals surface area contributed by atoms with Crippen LogP contribution in [0.15, 0.2) is 24.3 Å². The highest BCUT2D eigenvalue weighted by atomic mass is 16.2. The molecule has 3 rings (SSSR count). The van der Waals surface area contributed by atoms with Crippen LogP contribution in [0.2, 0.25) is 0 Å². The highest BCUT2D eigenvalue weighted by molar-refractivity contribution is 5.89. The van der Waals surface area contributed by atoms with Crippen LogP contribution in [0.3, 0.4) is 0 Å². The van der Waals surface area contributed by atoms with Crippen LogP contribution >= 0.6 is 0 Å². The Hall–Kier alpha value is -1.88. The van der Waals surface area contributed by atoms with Crippen LogP contribution in [0.1, 0.15) is 37.8 Å². The monoisotopic (exact) mass is 343 g/mol. The quantitative estimate of drug-likeness (QED) is 0.907. The summed E-state index contributed by atoms with van der Waals surface area (Å²) in [5.41, 5.74) is 2.35. The zero-order valence-corrected chi connectivity index (χ0v) is 15.5. The van der Waals surface area contributed by atoms with Crippen molar-refractivity contribution in [2.45, 2.75) is 51.7 Å². The van der Waals surface area contributed by atoms with Crippen LogP contribution in [0.25, 0.3) is 0 Å². The molecule has 3 unspecified atom stereocenters. The van der Waals surface area contributed by atoms with E-state index >= 15 is 0 Å². The molecular formula is C20H29N3O2. The van der Waals surface area contributed by atoms with Gasteiger partial charge in [-0.05, 0) is 30.5 Å². The van der Waals surface area contributed by atoms with Crippen molar-refractivity contribution < 1.29 is 9.59 Å². The molecule has 2 amide bonds. The first-order chi connectivity index (χ1) is 12.0. The van der Waals surface area contributed by atoms with E-state index in [9.17, 15) is 9.59 Å². The van der Waals surface area contributed by atoms with Crippen LogP contribution in [-0.2, 0) is 22.6 Å². The van der Waals surface area contributed by atoms with Gasteiger partial charge in [-0.3, -0.25) is 9.59 Å². The van der Waals surface area contributed by atoms with E-state index in [1.807, 2.05) is 42.8 Å². The number of nitrogens with one attached hydrogen (secondary N) is 1. The number of carbonyl (C=O) groups is 2. The van der Waals surface area contributed by atoms with E-state index < -0.39 is 0 Å². The van der Waals surface area contributed by atoms with Crippen LogP contribution in [0, 0.1) is 5.92 Å². The molecule has 1 aromatic rings. The molecule has 1 fully saturated rings. The van der Waals surface area contributed by atoms with Crippen molar-refractivity contribution in [3.63, 3.8) is 0 Å². The number of carbonyl (C=O) groups excluding carboxylic acids is 2. The Labute approximate surface area is 150 Å². The van der Waals surface area contributed by atoms with Gasteiger partial charge in [0, 0.05) is 38.5 Å². The van der Waals surface area contributed by atoms with Gasteiger partial charge in [0.25, 0.3) is 0 Å². The lowest BCUT2D eigenvalue weighted by Gasteiger charge is -2.40. The van der Waals surface area contributed by atoms with Gasteiger partial charge in [-0.25, -0.2) is 0 Å². The Morgan fingerprint density at radius 1 is 1.32 bits per heavy atom. The van der Waals surface area contributed by atoms with Gasteiger partial charge in [-0.1, -0.05) is 38.1 Å². The SMILES string of the molecule is CCC(C)C(=O)N1Cc2ccccc2CC1C(=O)N(C)C1CCNC1. The number of fused-ring (bicyclic) bond motifs is 1. The van der Waals surface area contributed by atoms with Gasteiger partial charge in [0.1, 0.15) is 6.04 Å². The van der Waals surface area contributed by atoms with Crippen LogP contribution < -0.4 is 5.32 Å². The fourth-order valence-electron chi connectivity index (χ4n) is 3.82. The maximum absolute atomic E-state index is 13.2. The van der Waals surface area contributed by atoms with E-state index in [4.69, 9.17) is 0 Å². The molecule has 2 aliphatic heterocycles. The molecule has 2 heterocycles. The highest BCUT2D eigenvalue weighted by Crippen LogP contribution is 2.27. The summed E-state index contributed by atoms with van der Waals surface area (Å²) < 4.78 is 0. The van der Waals surface area contributed by atoms with Gasteiger partial charge in [0.2, 0.25) is 11.8 Å². The molecule has 136 valence electrons. The number of likely N-dealkylation sites (N-methyl/N-ethyl adjacent to an activating group) is 1. The predicted octanol–water partition coefficient (Wildman–Crippen LogP) is 1.81. The van der Waals surface area contributed by atoms with E-state index in [1.54, 1.807) is 0 Å². The fourth-order valence-corrected chi connectivity index (χ4v) is 3.82. The van der Waals surface area contributed by atoms with Crippen molar-refractivity contribution in [2.75, 3.05) is 20.1 Å². The smallest absolute Gasteiger partial charge is 0.245 e. The summed E-state index contributed by atoms with van der Waals surface area (Å²) in [5, 5.41) is 3.31. The Morgan fingerprint density at radius 3 is 2.68 bits per heavy atom. The topological polar surface area (TPSA) is 52.7 Å². The lowest BCUT2D eigenvalue weighted by Crippen LogP contribution is -2.55. The first-order valence-electron chi connectivity index (χ1n) is 9.37. The van der Waals surface area contributed by atoms with E-state index in [0.29, 0.717) is 13.0 Å². The van der Waals surface area contributed by atoms with Crippen molar-refractivity contribution in [2.24, 2.45) is 5.92 Å². The van der Waals surface area contributed by atoms with Crippen molar-refractivity contribution >= 4 is 11.8 Å². The van der Waals surface area contributed by atoms with E-state index in [0.717, 1.165) is 31.5 Å². The molecule has 1 aromatic carbocycles. The molecule has 1 saturated heterocycles. The van der Waals surface area contributed by atoms with Crippen LogP contribution in [-0.4, -0.2) is 53.8 Å². The zero-order chi connectivity index (χ0) is 18.0. The van der Waals surface area contributed by atoms with E-state index in [2.05, 4.69) is 17.4 Å². The molecule has 5 heteroatoms. The number of rotatable bonds is 4. The minimum atomic E-state index is -0.387. The summed E-state index contributed by atoms with van der Waals surface area (Å²) in [6.07, 6.45) is 2.38. The summed E-state index contributed by atoms with van der Waals surface area (Å²) in [7, 11) is 1.88. The maximum atomic E-state index is 13.2. The second kappa shape index (κ2) is 7.56. The molecule has 0 radical (unpaired) electrons. The summed E-state index contributed by atoms with van der Waals surface area (Å²) in [6.45, 7) is 6.30. The van der Waals surface area contributed by atoms with Gasteiger partial charge in [-0.15, -0.1) is 0 Å². The molecule has 1 N–H and O–H groups in total. The van der Waals surface area contributed by atoms with Crippen molar-refractivity contribution in [3.8, 4) is 0 Å². The van der Waals surface area contributed by atoms with Crippen molar-refractivity contribution in [1.82, 2.24) is 15.1 Å². The summed E-state index contributed by atoms with van der Waals surface area (Å²) in [6, 6.07) is 8.00. The molecule has 0 aliphatic carbocycles. The lowest BCUT2D eigenvalue weighted by atomic mass is 9.91. The summed E-state index contributed by atoms with van der Waals surface area (Å²) in [4.78, 5) is 29.8. The minimum Gasteiger partial charge on any atom is -0.340 e. The van der Waals surface area contributed by atoms with Gasteiger partial charge < -0.3 is 15.1 Å². The standard InChI is InChI=1S/C20H29N3O2/c1-4-14(2)19(24)23-13-16-8-6-5-7-15(16)11-18(23)20(25)22(3)17-9-10-21-12-17/h5-8,14,17-18,21H,4,9-13H2,1-3H3. The van der Waals surface area contributed by atoms with E-state index in [1.165, 1.54) is 5.56 Å². The molecule has 0 bridgehead atoms. The molecule has 5 nitrogen and oxygen atoms in total. The molecule has 2 aliphatic rings. The van der Waals surface area contributed by atoms with Crippen molar-refractivity contribution in [1.29, 1.82) is 0 Å². The third-order valence-corrected chi connectivity index (χ3v) is 5.78. The average Bonchev–Trinajstić information content (AvgIpc) is 3.19. The molecule has 0 aromatic heterocycles. The number of hydrogen-bond acceptors (Lipinski definition) is 3. The Bertz CT molecular complexity index is 640. The summed E-state index contributed by atoms with van der Waals surface area (Å²) in [5.74, 6) is 0.104. The van der Waals surface area contributed by atoms with Crippen LogP contribution in [0.4, 0.5) is 0 Å². The predicted molar refractivity (Wildman–Crippen MR) is 98.0 cm³/mol. The lowest BCUT2D eigenvalue weighted by molar-refractivity contribution is -0.149. The molecule has 3 atom stereocenters. The first kappa shape index (κ1) is 17.9. The van der Waals surface area contributed by atoms with Crippen molar-refractivity contribution in [3.05, 3.63) is 35.4 Å². The minimum absolute atomic E-state index is 0.0565. The number of nitrogens with zero attached hydrogens (tertiary/aromatic N) is 2. The molecule has 0 saturated carbocycles. The highest BCUT2D eigenvalue weighted by Gasteiger charge is 2.38. The second-order valence-electron chi connectivity index (χ2n) is 7.36. The van der Waals surface area contributed by atoms with Gasteiger partial charge in [0.05, 0.1) is 0 Å². The normalized spacial score (nSPS) is 23.9. The Morgan fingerprint density at radius 2 is 2.04 bits per heavy atom. The largest absolute Gasteiger partial charge is 0.340 e. The molecule has 0 spiro atoms. The zero-order valence-electron chi connectivity index (χ0n) is 15.5. The molecule has 25 heavy (non-hydrogen) atoms. The second-order valence-corrected chi connectivity index (χ2v) is 7.36. The molecular weight excluding hydrogens is 314 g/mol. The van der Waals surface area contributed by atoms with Gasteiger partial charge >= 0.3 is 0 Å². The van der Waals surface area contributed by atoms with Gasteiger partial charge in [-0.2, -0.15) is 0 Å². The third kappa shape index (κ3) is 3.56. The van der Waals surface area contributed by atoms with Crippen LogP contribution in [0.5, 0.6) is 0 Å². The summed E-state index contributed by atoms with van der Waals surface area (Å²) >= 11 is 0. The third-order valence-electron chi connectivity index (χ3n) is 5.78. The van der Waals surface area contributed by atoms with Gasteiger partial charge in [0.15, 0.2) is 0 Å². The number of benzene rings is 1. The number of hydrogen-bond donors (Lipinski definition) is 1. The Kier molecular flexibility index (Phi) is 5.42. The fraction of sp³-hybridized carbons (Fsp3) is 0.600. The van der Waals surface area contributed by atoms with E-state index in [-0.39, 0.29) is 29.8 Å². The maximum Gasteiger partial charge on any atom is 0.245 e. The first-order valence-corrected chi connectivity index (χ1v) is 9.37.